The number of fused-ring (bicyclic) bond motifs is 1. The SMILES string of the molecule is COc1cccc(Oc2nc(N3CCN(C)CC3)nc3c2CN(C(=O)c2c(F)cccc2F)CC3)c1. The zero-order valence-corrected chi connectivity index (χ0v) is 20.2. The number of aromatic nitrogens is 2. The van der Waals surface area contributed by atoms with Gasteiger partial charge in [0.05, 0.1) is 24.9 Å². The summed E-state index contributed by atoms with van der Waals surface area (Å²) >= 11 is 0. The average Bonchev–Trinajstić information content (AvgIpc) is 2.88. The van der Waals surface area contributed by atoms with Crippen LogP contribution in [0.3, 0.4) is 0 Å². The van der Waals surface area contributed by atoms with Gasteiger partial charge in [-0.2, -0.15) is 4.98 Å². The number of methoxy groups -OCH3 is 1. The number of ether oxygens (including phenoxy) is 2. The highest BCUT2D eigenvalue weighted by Gasteiger charge is 2.31. The summed E-state index contributed by atoms with van der Waals surface area (Å²) < 4.78 is 40.1. The van der Waals surface area contributed by atoms with Gasteiger partial charge in [0, 0.05) is 45.2 Å². The van der Waals surface area contributed by atoms with Crippen molar-refractivity contribution in [2.24, 2.45) is 0 Å². The first-order chi connectivity index (χ1) is 17.4. The van der Waals surface area contributed by atoms with Gasteiger partial charge in [0.2, 0.25) is 11.8 Å². The minimum atomic E-state index is -0.889. The first-order valence-electron chi connectivity index (χ1n) is 11.8. The van der Waals surface area contributed by atoms with Crippen LogP contribution in [0.15, 0.2) is 42.5 Å². The number of nitrogens with zero attached hydrogens (tertiary/aromatic N) is 5. The number of rotatable bonds is 5. The minimum absolute atomic E-state index is 0.0737. The Morgan fingerprint density at radius 2 is 1.64 bits per heavy atom. The molecule has 0 aliphatic carbocycles. The van der Waals surface area contributed by atoms with Crippen molar-refractivity contribution in [2.75, 3.05) is 51.8 Å². The van der Waals surface area contributed by atoms with Crippen molar-refractivity contribution in [3.63, 3.8) is 0 Å². The van der Waals surface area contributed by atoms with E-state index in [0.717, 1.165) is 44.0 Å². The number of likely N-dealkylation sites (N-methyl/N-ethyl adjacent to an activating group) is 1. The summed E-state index contributed by atoms with van der Waals surface area (Å²) in [4.78, 5) is 28.4. The van der Waals surface area contributed by atoms with E-state index >= 15 is 0 Å². The fraction of sp³-hybridized carbons (Fsp3) is 0.346. The molecular weight excluding hydrogens is 468 g/mol. The van der Waals surface area contributed by atoms with Crippen molar-refractivity contribution in [2.45, 2.75) is 13.0 Å². The lowest BCUT2D eigenvalue weighted by molar-refractivity contribution is 0.0722. The monoisotopic (exact) mass is 495 g/mol. The fourth-order valence-electron chi connectivity index (χ4n) is 4.41. The molecule has 8 nitrogen and oxygen atoms in total. The lowest BCUT2D eigenvalue weighted by atomic mass is 10.0. The number of carbonyl (C=O) groups is 1. The van der Waals surface area contributed by atoms with Crippen LogP contribution in [0.25, 0.3) is 0 Å². The lowest BCUT2D eigenvalue weighted by Crippen LogP contribution is -2.45. The molecule has 0 atom stereocenters. The number of carbonyl (C=O) groups excluding carboxylic acids is 1. The van der Waals surface area contributed by atoms with Crippen LogP contribution in [0.2, 0.25) is 0 Å². The second kappa shape index (κ2) is 10.1. The van der Waals surface area contributed by atoms with Gasteiger partial charge in [-0.3, -0.25) is 4.79 Å². The maximum atomic E-state index is 14.3. The molecule has 36 heavy (non-hydrogen) atoms. The van der Waals surface area contributed by atoms with Crippen molar-refractivity contribution >= 4 is 11.9 Å². The maximum Gasteiger partial charge on any atom is 0.260 e. The van der Waals surface area contributed by atoms with Crippen LogP contribution in [0.1, 0.15) is 21.6 Å². The zero-order valence-electron chi connectivity index (χ0n) is 20.2. The summed E-state index contributed by atoms with van der Waals surface area (Å²) in [5.74, 6) is -0.467. The molecular formula is C26H27F2N5O3. The molecule has 0 spiro atoms. The molecule has 0 bridgehead atoms. The third-order valence-electron chi connectivity index (χ3n) is 6.52. The van der Waals surface area contributed by atoms with Crippen LogP contribution in [0.5, 0.6) is 17.4 Å². The Bertz CT molecular complexity index is 1260. The Kier molecular flexibility index (Phi) is 6.69. The Hall–Kier alpha value is -3.79. The van der Waals surface area contributed by atoms with Crippen LogP contribution in [0, 0.1) is 11.6 Å². The van der Waals surface area contributed by atoms with E-state index in [2.05, 4.69) is 16.8 Å². The predicted octanol–water partition coefficient (Wildman–Crippen LogP) is 3.51. The second-order valence-corrected chi connectivity index (χ2v) is 8.90. The third-order valence-corrected chi connectivity index (χ3v) is 6.52. The molecule has 1 aromatic heterocycles. The van der Waals surface area contributed by atoms with Crippen LogP contribution < -0.4 is 14.4 Å². The van der Waals surface area contributed by atoms with Crippen molar-refractivity contribution in [3.05, 3.63) is 70.9 Å². The highest BCUT2D eigenvalue weighted by Crippen LogP contribution is 2.33. The largest absolute Gasteiger partial charge is 0.497 e. The molecule has 3 aromatic rings. The number of benzene rings is 2. The molecule has 2 aliphatic rings. The van der Waals surface area contributed by atoms with E-state index in [1.807, 2.05) is 0 Å². The summed E-state index contributed by atoms with van der Waals surface area (Å²) in [6, 6.07) is 10.5. The first-order valence-corrected chi connectivity index (χ1v) is 11.8. The molecule has 10 heteroatoms. The molecule has 0 unspecified atom stereocenters. The van der Waals surface area contributed by atoms with Gasteiger partial charge in [-0.05, 0) is 31.3 Å². The van der Waals surface area contributed by atoms with E-state index in [1.165, 1.54) is 11.0 Å². The number of hydrogen-bond donors (Lipinski definition) is 0. The van der Waals surface area contributed by atoms with Crippen LogP contribution in [-0.4, -0.2) is 72.6 Å². The van der Waals surface area contributed by atoms with Crippen LogP contribution in [-0.2, 0) is 13.0 Å². The highest BCUT2D eigenvalue weighted by atomic mass is 19.1. The van der Waals surface area contributed by atoms with Gasteiger partial charge in [0.15, 0.2) is 0 Å². The molecule has 0 saturated carbocycles. The average molecular weight is 496 g/mol. The van der Waals surface area contributed by atoms with Gasteiger partial charge in [0.25, 0.3) is 5.91 Å². The predicted molar refractivity (Wildman–Crippen MR) is 130 cm³/mol. The Morgan fingerprint density at radius 3 is 2.36 bits per heavy atom. The Labute approximate surface area is 208 Å². The zero-order chi connectivity index (χ0) is 25.2. The molecule has 188 valence electrons. The quantitative estimate of drug-likeness (QED) is 0.537. The summed E-state index contributed by atoms with van der Waals surface area (Å²) in [7, 11) is 3.65. The van der Waals surface area contributed by atoms with E-state index in [-0.39, 0.29) is 13.1 Å². The maximum absolute atomic E-state index is 14.3. The van der Waals surface area contributed by atoms with Gasteiger partial charge in [0.1, 0.15) is 28.7 Å². The van der Waals surface area contributed by atoms with E-state index < -0.39 is 23.1 Å². The highest BCUT2D eigenvalue weighted by molar-refractivity contribution is 5.95. The molecule has 2 aliphatic heterocycles. The Morgan fingerprint density at radius 1 is 0.944 bits per heavy atom. The van der Waals surface area contributed by atoms with Gasteiger partial charge in [-0.25, -0.2) is 13.8 Å². The van der Waals surface area contributed by atoms with Gasteiger partial charge in [-0.1, -0.05) is 12.1 Å². The van der Waals surface area contributed by atoms with Crippen molar-refractivity contribution in [1.29, 1.82) is 0 Å². The van der Waals surface area contributed by atoms with E-state index in [1.54, 1.807) is 31.4 Å². The van der Waals surface area contributed by atoms with Crippen LogP contribution in [0.4, 0.5) is 14.7 Å². The number of anilines is 1. The molecule has 1 amide bonds. The van der Waals surface area contributed by atoms with Gasteiger partial charge < -0.3 is 24.2 Å². The summed E-state index contributed by atoms with van der Waals surface area (Å²) in [5.41, 5.74) is 0.813. The Balaban J connectivity index is 1.50. The number of hydrogen-bond acceptors (Lipinski definition) is 7. The molecule has 1 saturated heterocycles. The summed E-state index contributed by atoms with van der Waals surface area (Å²) in [5, 5.41) is 0. The first kappa shape index (κ1) is 23.9. The normalized spacial score (nSPS) is 16.0. The second-order valence-electron chi connectivity index (χ2n) is 8.90. The number of piperazine rings is 1. The van der Waals surface area contributed by atoms with Gasteiger partial charge >= 0.3 is 0 Å². The molecule has 5 rings (SSSR count). The van der Waals surface area contributed by atoms with Crippen molar-refractivity contribution in [3.8, 4) is 17.4 Å². The molecule has 0 radical (unpaired) electrons. The standard InChI is InChI=1S/C26H27F2N5O3/c1-31-11-13-32(14-12-31)26-29-22-9-10-33(25(34)23-20(27)7-4-8-21(23)28)16-19(22)24(30-26)36-18-6-3-5-17(15-18)35-2/h3-8,15H,9-14,16H2,1-2H3. The number of halogens is 2. The topological polar surface area (TPSA) is 71.0 Å². The van der Waals surface area contributed by atoms with E-state index in [0.29, 0.717) is 35.3 Å². The molecule has 3 heterocycles. The van der Waals surface area contributed by atoms with E-state index in [9.17, 15) is 13.6 Å². The molecule has 1 fully saturated rings. The van der Waals surface area contributed by atoms with Crippen LogP contribution >= 0.6 is 0 Å². The number of amides is 1. The smallest absolute Gasteiger partial charge is 0.260 e. The van der Waals surface area contributed by atoms with Gasteiger partial charge in [-0.15, -0.1) is 0 Å². The van der Waals surface area contributed by atoms with Crippen molar-refractivity contribution in [1.82, 2.24) is 19.8 Å². The molecule has 2 aromatic carbocycles. The minimum Gasteiger partial charge on any atom is -0.497 e. The molecule has 0 N–H and O–H groups in total. The fourth-order valence-corrected chi connectivity index (χ4v) is 4.41. The lowest BCUT2D eigenvalue weighted by Gasteiger charge is -2.34. The summed E-state index contributed by atoms with van der Waals surface area (Å²) in [6.07, 6.45) is 0.412. The summed E-state index contributed by atoms with van der Waals surface area (Å²) in [6.45, 7) is 3.70. The third kappa shape index (κ3) is 4.81. The van der Waals surface area contributed by atoms with Crippen molar-refractivity contribution < 1.29 is 23.0 Å². The van der Waals surface area contributed by atoms with E-state index in [4.69, 9.17) is 19.4 Å².